The molecule has 1 aliphatic heterocycles. The van der Waals surface area contributed by atoms with Crippen molar-refractivity contribution >= 4 is 26.3 Å². The Hall–Kier alpha value is -1.41. The summed E-state index contributed by atoms with van der Waals surface area (Å²) in [7, 11) is -0.840. The molecule has 1 saturated heterocycles. The van der Waals surface area contributed by atoms with Crippen LogP contribution >= 0.6 is 0 Å². The number of ether oxygens (including phenoxy) is 2. The Balaban J connectivity index is 3.02. The molecule has 1 aliphatic rings. The molecule has 0 saturated carbocycles. The second-order valence-electron chi connectivity index (χ2n) is 9.23. The third-order valence-corrected chi connectivity index (χ3v) is 9.43. The van der Waals surface area contributed by atoms with Crippen LogP contribution in [0, 0.1) is 5.92 Å². The van der Waals surface area contributed by atoms with Gasteiger partial charge in [0.25, 0.3) is 0 Å². The second kappa shape index (κ2) is 7.68. The molecule has 0 radical (unpaired) electrons. The van der Waals surface area contributed by atoms with Crippen molar-refractivity contribution in [3.05, 3.63) is 0 Å². The standard InChI is InChI=1S/C18H33NO6Si/c1-17(2,3)25-16(22)19-12(10-13(14(19)20)15(21)23-7)11-24-26(8,9)18(4,5)6/h12-13H,10-11H2,1-9H3. The van der Waals surface area contributed by atoms with Crippen molar-refractivity contribution in [2.45, 2.75) is 77.7 Å². The van der Waals surface area contributed by atoms with Crippen molar-refractivity contribution in [1.29, 1.82) is 0 Å². The lowest BCUT2D eigenvalue weighted by molar-refractivity contribution is -0.150. The van der Waals surface area contributed by atoms with Gasteiger partial charge in [-0.05, 0) is 45.3 Å². The normalized spacial score (nSPS) is 21.7. The van der Waals surface area contributed by atoms with Crippen molar-refractivity contribution in [3.63, 3.8) is 0 Å². The van der Waals surface area contributed by atoms with Crippen LogP contribution in [0.15, 0.2) is 0 Å². The van der Waals surface area contributed by atoms with E-state index in [-0.39, 0.29) is 18.1 Å². The highest BCUT2D eigenvalue weighted by atomic mass is 28.4. The Bertz CT molecular complexity index is 561. The van der Waals surface area contributed by atoms with Crippen LogP contribution < -0.4 is 0 Å². The fraction of sp³-hybridized carbons (Fsp3) is 0.833. The molecule has 0 aromatic heterocycles. The second-order valence-corrected chi connectivity index (χ2v) is 14.0. The Morgan fingerprint density at radius 3 is 2.12 bits per heavy atom. The van der Waals surface area contributed by atoms with Gasteiger partial charge >= 0.3 is 12.1 Å². The van der Waals surface area contributed by atoms with E-state index in [1.54, 1.807) is 20.8 Å². The number of imide groups is 1. The number of nitrogens with zero attached hydrogens (tertiary/aromatic N) is 1. The lowest BCUT2D eigenvalue weighted by Crippen LogP contribution is -2.48. The fourth-order valence-electron chi connectivity index (χ4n) is 2.38. The Kier molecular flexibility index (Phi) is 6.68. The highest BCUT2D eigenvalue weighted by molar-refractivity contribution is 6.74. The molecule has 2 atom stereocenters. The van der Waals surface area contributed by atoms with Gasteiger partial charge in [0.05, 0.1) is 19.8 Å². The minimum atomic E-state index is -2.07. The Morgan fingerprint density at radius 1 is 1.15 bits per heavy atom. The monoisotopic (exact) mass is 387 g/mol. The maximum absolute atomic E-state index is 12.6. The smallest absolute Gasteiger partial charge is 0.417 e. The molecule has 8 heteroatoms. The third-order valence-electron chi connectivity index (χ3n) is 4.93. The number of carbonyl (C=O) groups excluding carboxylic acids is 3. The first-order valence-corrected chi connectivity index (χ1v) is 11.8. The van der Waals surface area contributed by atoms with E-state index < -0.39 is 43.8 Å². The highest BCUT2D eigenvalue weighted by Gasteiger charge is 2.49. The summed E-state index contributed by atoms with van der Waals surface area (Å²) in [5.41, 5.74) is -0.744. The SMILES string of the molecule is COC(=O)C1CC(CO[Si](C)(C)C(C)(C)C)N(C(=O)OC(C)(C)C)C1=O. The predicted molar refractivity (Wildman–Crippen MR) is 100 cm³/mol. The Labute approximate surface area is 157 Å². The molecular weight excluding hydrogens is 354 g/mol. The molecule has 150 valence electrons. The molecule has 0 N–H and O–H groups in total. The molecule has 0 aliphatic carbocycles. The summed E-state index contributed by atoms with van der Waals surface area (Å²) in [6, 6.07) is -0.546. The van der Waals surface area contributed by atoms with E-state index >= 15 is 0 Å². The number of carbonyl (C=O) groups is 3. The molecule has 2 unspecified atom stereocenters. The van der Waals surface area contributed by atoms with Crippen LogP contribution in [0.25, 0.3) is 0 Å². The van der Waals surface area contributed by atoms with Gasteiger partial charge in [0.2, 0.25) is 5.91 Å². The molecule has 1 rings (SSSR count). The van der Waals surface area contributed by atoms with Gasteiger partial charge in [0.1, 0.15) is 11.5 Å². The van der Waals surface area contributed by atoms with Gasteiger partial charge in [-0.1, -0.05) is 20.8 Å². The first kappa shape index (κ1) is 22.6. The number of methoxy groups -OCH3 is 1. The first-order chi connectivity index (χ1) is 11.6. The minimum absolute atomic E-state index is 0.00584. The van der Waals surface area contributed by atoms with Crippen LogP contribution in [0.2, 0.25) is 18.1 Å². The zero-order valence-corrected chi connectivity index (χ0v) is 18.5. The molecule has 1 heterocycles. The molecule has 7 nitrogen and oxygen atoms in total. The van der Waals surface area contributed by atoms with Crippen molar-refractivity contribution in [2.24, 2.45) is 5.92 Å². The molecule has 0 spiro atoms. The van der Waals surface area contributed by atoms with E-state index in [9.17, 15) is 14.4 Å². The van der Waals surface area contributed by atoms with E-state index in [2.05, 4.69) is 33.9 Å². The van der Waals surface area contributed by atoms with Crippen LogP contribution in [-0.4, -0.2) is 56.5 Å². The molecule has 0 aromatic rings. The van der Waals surface area contributed by atoms with Gasteiger partial charge in [-0.3, -0.25) is 9.59 Å². The molecule has 0 bridgehead atoms. The predicted octanol–water partition coefficient (Wildman–Crippen LogP) is 3.33. The molecule has 0 aromatic carbocycles. The quantitative estimate of drug-likeness (QED) is 0.418. The molecule has 1 fully saturated rings. The average molecular weight is 388 g/mol. The topological polar surface area (TPSA) is 82.1 Å². The van der Waals surface area contributed by atoms with E-state index in [4.69, 9.17) is 13.9 Å². The van der Waals surface area contributed by atoms with Gasteiger partial charge < -0.3 is 13.9 Å². The summed E-state index contributed by atoms with van der Waals surface area (Å²) in [5, 5.41) is -0.00584. The Morgan fingerprint density at radius 2 is 1.69 bits per heavy atom. The van der Waals surface area contributed by atoms with Crippen LogP contribution in [-0.2, 0) is 23.5 Å². The summed E-state index contributed by atoms with van der Waals surface area (Å²) >= 11 is 0. The maximum atomic E-state index is 12.6. The average Bonchev–Trinajstić information content (AvgIpc) is 2.78. The number of hydrogen-bond donors (Lipinski definition) is 0. The largest absolute Gasteiger partial charge is 0.468 e. The number of likely N-dealkylation sites (tertiary alicyclic amines) is 1. The summed E-state index contributed by atoms with van der Waals surface area (Å²) in [5.74, 6) is -2.23. The van der Waals surface area contributed by atoms with Crippen LogP contribution in [0.5, 0.6) is 0 Å². The van der Waals surface area contributed by atoms with Gasteiger partial charge in [-0.2, -0.15) is 0 Å². The first-order valence-electron chi connectivity index (χ1n) is 8.88. The van der Waals surface area contributed by atoms with E-state index in [1.807, 2.05) is 0 Å². The van der Waals surface area contributed by atoms with Crippen molar-refractivity contribution < 1.29 is 28.3 Å². The molecule has 2 amide bonds. The van der Waals surface area contributed by atoms with E-state index in [1.165, 1.54) is 7.11 Å². The minimum Gasteiger partial charge on any atom is -0.468 e. The fourth-order valence-corrected chi connectivity index (χ4v) is 3.42. The van der Waals surface area contributed by atoms with Gasteiger partial charge in [0, 0.05) is 0 Å². The zero-order chi connectivity index (χ0) is 20.5. The molecule has 26 heavy (non-hydrogen) atoms. The van der Waals surface area contributed by atoms with Crippen LogP contribution in [0.3, 0.4) is 0 Å². The number of esters is 1. The van der Waals surface area contributed by atoms with Crippen molar-refractivity contribution in [1.82, 2.24) is 4.90 Å². The van der Waals surface area contributed by atoms with Gasteiger partial charge in [0.15, 0.2) is 8.32 Å². The lowest BCUT2D eigenvalue weighted by Gasteiger charge is -2.37. The van der Waals surface area contributed by atoms with Gasteiger partial charge in [-0.15, -0.1) is 0 Å². The zero-order valence-electron chi connectivity index (χ0n) is 17.5. The number of rotatable bonds is 4. The van der Waals surface area contributed by atoms with Gasteiger partial charge in [-0.25, -0.2) is 9.69 Å². The summed E-state index contributed by atoms with van der Waals surface area (Å²) in [4.78, 5) is 38.1. The van der Waals surface area contributed by atoms with E-state index in [0.29, 0.717) is 0 Å². The summed E-state index contributed by atoms with van der Waals surface area (Å²) < 4.78 is 16.2. The summed E-state index contributed by atoms with van der Waals surface area (Å²) in [6.07, 6.45) is -0.572. The third kappa shape index (κ3) is 5.29. The van der Waals surface area contributed by atoms with Crippen LogP contribution in [0.1, 0.15) is 48.0 Å². The van der Waals surface area contributed by atoms with Crippen LogP contribution in [0.4, 0.5) is 4.79 Å². The van der Waals surface area contributed by atoms with Crippen molar-refractivity contribution in [3.8, 4) is 0 Å². The molecular formula is C18H33NO6Si. The number of hydrogen-bond acceptors (Lipinski definition) is 6. The van der Waals surface area contributed by atoms with Crippen molar-refractivity contribution in [2.75, 3.05) is 13.7 Å². The lowest BCUT2D eigenvalue weighted by atomic mass is 10.1. The van der Waals surface area contributed by atoms with E-state index in [0.717, 1.165) is 4.90 Å². The number of amides is 2. The maximum Gasteiger partial charge on any atom is 0.417 e. The highest BCUT2D eigenvalue weighted by Crippen LogP contribution is 2.37. The summed E-state index contributed by atoms with van der Waals surface area (Å²) in [6.45, 7) is 15.9.